The van der Waals surface area contributed by atoms with E-state index in [1.54, 1.807) is 11.3 Å². The number of rotatable bonds is 7. The average Bonchev–Trinajstić information content (AvgIpc) is 3.69. The van der Waals surface area contributed by atoms with Crippen LogP contribution in [0.15, 0.2) is 90.4 Å². The number of carbonyl (C=O) groups is 1. The van der Waals surface area contributed by atoms with Crippen molar-refractivity contribution in [1.82, 2.24) is 14.9 Å². The second-order valence-corrected chi connectivity index (χ2v) is 10.5. The van der Waals surface area contributed by atoms with Gasteiger partial charge >= 0.3 is 6.09 Å². The highest BCUT2D eigenvalue weighted by atomic mass is 32.1. The number of ether oxygens (including phenoxy) is 1. The lowest BCUT2D eigenvalue weighted by Crippen LogP contribution is -2.37. The summed E-state index contributed by atoms with van der Waals surface area (Å²) in [6.07, 6.45) is 5.50. The van der Waals surface area contributed by atoms with Crippen LogP contribution in [-0.2, 0) is 24.2 Å². The number of fused-ring (bicyclic) bond motifs is 1. The lowest BCUT2D eigenvalue weighted by Gasteiger charge is -2.24. The molecule has 0 radical (unpaired) electrons. The molecule has 0 aliphatic carbocycles. The second kappa shape index (κ2) is 10.6. The molecule has 2 aromatic heterocycles. The highest BCUT2D eigenvalue weighted by molar-refractivity contribution is 7.13. The van der Waals surface area contributed by atoms with Gasteiger partial charge in [0.25, 0.3) is 0 Å². The van der Waals surface area contributed by atoms with Crippen molar-refractivity contribution in [3.05, 3.63) is 113 Å². The van der Waals surface area contributed by atoms with Crippen LogP contribution in [0.3, 0.4) is 0 Å². The molecule has 6 rings (SSSR count). The molecule has 3 aromatic carbocycles. The van der Waals surface area contributed by atoms with Crippen LogP contribution < -0.4 is 0 Å². The molecule has 5 nitrogen and oxygen atoms in total. The number of nitrogens with one attached hydrogen (secondary N) is 1. The van der Waals surface area contributed by atoms with Gasteiger partial charge in [-0.1, -0.05) is 60.7 Å². The maximum atomic E-state index is 12.9. The highest BCUT2D eigenvalue weighted by Crippen LogP contribution is 2.31. The maximum absolute atomic E-state index is 12.9. The molecule has 0 unspecified atom stereocenters. The molecule has 1 atom stereocenters. The Hall–Kier alpha value is -3.90. The lowest BCUT2D eigenvalue weighted by molar-refractivity contribution is 0.0921. The number of thiazole rings is 1. The van der Waals surface area contributed by atoms with Gasteiger partial charge in [0.2, 0.25) is 0 Å². The topological polar surface area (TPSA) is 58.2 Å². The molecule has 186 valence electrons. The molecule has 1 aliphatic rings. The van der Waals surface area contributed by atoms with E-state index in [2.05, 4.69) is 59.0 Å². The summed E-state index contributed by atoms with van der Waals surface area (Å²) in [7, 11) is 0. The Bertz CT molecular complexity index is 1490. The van der Waals surface area contributed by atoms with Crippen LogP contribution in [0.25, 0.3) is 21.5 Å². The Morgan fingerprint density at radius 2 is 1.81 bits per heavy atom. The molecule has 0 bridgehead atoms. The van der Waals surface area contributed by atoms with E-state index in [1.165, 1.54) is 16.5 Å². The summed E-state index contributed by atoms with van der Waals surface area (Å²) in [5.41, 5.74) is 6.83. The predicted octanol–water partition coefficient (Wildman–Crippen LogP) is 7.23. The van der Waals surface area contributed by atoms with Gasteiger partial charge in [0.05, 0.1) is 5.69 Å². The van der Waals surface area contributed by atoms with E-state index in [0.717, 1.165) is 59.6 Å². The largest absolute Gasteiger partial charge is 0.445 e. The third-order valence-electron chi connectivity index (χ3n) is 7.07. The van der Waals surface area contributed by atoms with Gasteiger partial charge in [-0.15, -0.1) is 11.3 Å². The monoisotopic (exact) mass is 507 g/mol. The third-order valence-corrected chi connectivity index (χ3v) is 8.01. The second-order valence-electron chi connectivity index (χ2n) is 9.61. The first-order chi connectivity index (χ1) is 18.2. The molecule has 1 fully saturated rings. The Labute approximate surface area is 220 Å². The van der Waals surface area contributed by atoms with Crippen LogP contribution in [0.1, 0.15) is 35.2 Å². The summed E-state index contributed by atoms with van der Waals surface area (Å²) in [6, 6.07) is 26.9. The number of likely N-dealkylation sites (tertiary alicyclic amines) is 1. The molecule has 1 N–H and O–H groups in total. The van der Waals surface area contributed by atoms with Gasteiger partial charge in [0.15, 0.2) is 0 Å². The SMILES string of the molecule is O=C(OCc1ccccc1)N1CCC[C@@H]1Cc1c[nH]c2ccc(-c3nc(Cc4ccccc4)cs3)cc12. The van der Waals surface area contributed by atoms with Crippen molar-refractivity contribution in [3.63, 3.8) is 0 Å². The number of aromatic nitrogens is 2. The van der Waals surface area contributed by atoms with E-state index >= 15 is 0 Å². The van der Waals surface area contributed by atoms with Gasteiger partial charge in [0.1, 0.15) is 11.6 Å². The summed E-state index contributed by atoms with van der Waals surface area (Å²) in [5.74, 6) is 0. The number of H-pyrrole nitrogens is 1. The van der Waals surface area contributed by atoms with Crippen molar-refractivity contribution in [2.24, 2.45) is 0 Å². The van der Waals surface area contributed by atoms with Crippen molar-refractivity contribution >= 4 is 28.3 Å². The third kappa shape index (κ3) is 5.30. The number of benzene rings is 3. The van der Waals surface area contributed by atoms with Crippen molar-refractivity contribution in [3.8, 4) is 10.6 Å². The molecule has 1 saturated heterocycles. The molecule has 3 heterocycles. The van der Waals surface area contributed by atoms with Crippen LogP contribution in [0, 0.1) is 0 Å². The normalized spacial score (nSPS) is 15.4. The smallest absolute Gasteiger partial charge is 0.410 e. The first-order valence-corrected chi connectivity index (χ1v) is 13.7. The van der Waals surface area contributed by atoms with Crippen molar-refractivity contribution in [2.75, 3.05) is 6.54 Å². The number of nitrogens with zero attached hydrogens (tertiary/aromatic N) is 2. The van der Waals surface area contributed by atoms with Gasteiger partial charge < -0.3 is 14.6 Å². The molecular weight excluding hydrogens is 478 g/mol. The van der Waals surface area contributed by atoms with E-state index in [1.807, 2.05) is 41.3 Å². The van der Waals surface area contributed by atoms with E-state index < -0.39 is 0 Å². The minimum absolute atomic E-state index is 0.142. The molecule has 1 amide bonds. The summed E-state index contributed by atoms with van der Waals surface area (Å²) in [4.78, 5) is 23.1. The molecule has 6 heteroatoms. The van der Waals surface area contributed by atoms with Crippen LogP contribution in [-0.4, -0.2) is 33.5 Å². The summed E-state index contributed by atoms with van der Waals surface area (Å²) < 4.78 is 5.64. The predicted molar refractivity (Wildman–Crippen MR) is 149 cm³/mol. The zero-order valence-corrected chi connectivity index (χ0v) is 21.4. The summed E-state index contributed by atoms with van der Waals surface area (Å²) in [6.45, 7) is 1.05. The standard InChI is InChI=1S/C31H29N3O2S/c35-31(36-20-23-10-5-2-6-11-23)34-15-7-12-27(34)17-25-19-32-29-14-13-24(18-28(25)29)30-33-26(21-37-30)16-22-8-3-1-4-9-22/h1-6,8-11,13-14,18-19,21,27,32H,7,12,15-17,20H2/t27-/m1/s1. The van der Waals surface area contributed by atoms with Crippen molar-refractivity contribution in [1.29, 1.82) is 0 Å². The lowest BCUT2D eigenvalue weighted by atomic mass is 10.0. The average molecular weight is 508 g/mol. The molecule has 0 saturated carbocycles. The fraction of sp³-hybridized carbons (Fsp3) is 0.226. The molecule has 1 aliphatic heterocycles. The van der Waals surface area contributed by atoms with E-state index in [9.17, 15) is 4.79 Å². The minimum Gasteiger partial charge on any atom is -0.445 e. The Kier molecular flexibility index (Phi) is 6.74. The minimum atomic E-state index is -0.222. The van der Waals surface area contributed by atoms with Gasteiger partial charge in [-0.25, -0.2) is 9.78 Å². The number of aromatic amines is 1. The van der Waals surface area contributed by atoms with Crippen molar-refractivity contribution in [2.45, 2.75) is 38.3 Å². The highest BCUT2D eigenvalue weighted by Gasteiger charge is 2.30. The first kappa shape index (κ1) is 23.5. The Morgan fingerprint density at radius 1 is 1.03 bits per heavy atom. The molecular formula is C31H29N3O2S. The zero-order chi connectivity index (χ0) is 25.0. The number of amides is 1. The zero-order valence-electron chi connectivity index (χ0n) is 20.6. The van der Waals surface area contributed by atoms with Gasteiger partial charge in [-0.05, 0) is 54.2 Å². The molecule has 37 heavy (non-hydrogen) atoms. The quantitative estimate of drug-likeness (QED) is 0.253. The van der Waals surface area contributed by atoms with Crippen molar-refractivity contribution < 1.29 is 9.53 Å². The van der Waals surface area contributed by atoms with E-state index in [0.29, 0.717) is 6.61 Å². The number of hydrogen-bond donors (Lipinski definition) is 1. The van der Waals surface area contributed by atoms with Crippen LogP contribution in [0.4, 0.5) is 4.79 Å². The van der Waals surface area contributed by atoms with Crippen LogP contribution in [0.5, 0.6) is 0 Å². The van der Waals surface area contributed by atoms with Gasteiger partial charge in [-0.3, -0.25) is 0 Å². The van der Waals surface area contributed by atoms with Gasteiger partial charge in [0, 0.05) is 47.1 Å². The number of hydrogen-bond acceptors (Lipinski definition) is 4. The molecule has 0 spiro atoms. The van der Waals surface area contributed by atoms with Crippen LogP contribution >= 0.6 is 11.3 Å². The first-order valence-electron chi connectivity index (χ1n) is 12.8. The van der Waals surface area contributed by atoms with Crippen LogP contribution in [0.2, 0.25) is 0 Å². The van der Waals surface area contributed by atoms with E-state index in [4.69, 9.17) is 9.72 Å². The fourth-order valence-corrected chi connectivity index (χ4v) is 5.97. The Morgan fingerprint density at radius 3 is 2.62 bits per heavy atom. The maximum Gasteiger partial charge on any atom is 0.410 e. The number of carbonyl (C=O) groups excluding carboxylic acids is 1. The van der Waals surface area contributed by atoms with E-state index in [-0.39, 0.29) is 12.1 Å². The molecule has 5 aromatic rings. The summed E-state index contributed by atoms with van der Waals surface area (Å²) >= 11 is 1.69. The van der Waals surface area contributed by atoms with Gasteiger partial charge in [-0.2, -0.15) is 0 Å². The Balaban J connectivity index is 1.16. The summed E-state index contributed by atoms with van der Waals surface area (Å²) in [5, 5.41) is 4.39. The fourth-order valence-electron chi connectivity index (χ4n) is 5.15.